The van der Waals surface area contributed by atoms with E-state index in [0.717, 1.165) is 0 Å². The van der Waals surface area contributed by atoms with Crippen molar-refractivity contribution in [1.29, 1.82) is 0 Å². The van der Waals surface area contributed by atoms with Crippen molar-refractivity contribution in [3.8, 4) is 0 Å². The summed E-state index contributed by atoms with van der Waals surface area (Å²) in [6.45, 7) is 0. The van der Waals surface area contributed by atoms with E-state index in [2.05, 4.69) is 4.74 Å². The molecule has 0 N–H and O–H groups in total. The first-order valence-corrected chi connectivity index (χ1v) is 5.02. The molecular formula is C10H16O3. The first-order chi connectivity index (χ1) is 6.29. The summed E-state index contributed by atoms with van der Waals surface area (Å²) < 4.78 is 4.08. The van der Waals surface area contributed by atoms with Crippen LogP contribution in [0.15, 0.2) is 0 Å². The molecule has 2 rings (SSSR count). The van der Waals surface area contributed by atoms with Crippen molar-refractivity contribution in [2.45, 2.75) is 51.4 Å². The Labute approximate surface area is 78.5 Å². The molecule has 0 aromatic heterocycles. The third kappa shape index (κ3) is 4.65. The molecule has 13 heavy (non-hydrogen) atoms. The first kappa shape index (κ1) is 10.2. The molecule has 1 heterocycles. The molecule has 0 spiro atoms. The fourth-order valence-electron chi connectivity index (χ4n) is 1.49. The number of hydrogen-bond donors (Lipinski definition) is 0. The Morgan fingerprint density at radius 1 is 0.692 bits per heavy atom. The summed E-state index contributed by atoms with van der Waals surface area (Å²) in [5.41, 5.74) is 0. The summed E-state index contributed by atoms with van der Waals surface area (Å²) in [7, 11) is 0. The zero-order chi connectivity index (χ0) is 9.52. The predicted molar refractivity (Wildman–Crippen MR) is 48.0 cm³/mol. The fraction of sp³-hybridized carbons (Fsp3) is 0.800. The Hall–Kier alpha value is -0.860. The molecule has 3 nitrogen and oxygen atoms in total. The first-order valence-electron chi connectivity index (χ1n) is 5.02. The molecule has 0 aromatic carbocycles. The van der Waals surface area contributed by atoms with Gasteiger partial charge in [-0.2, -0.15) is 0 Å². The van der Waals surface area contributed by atoms with Crippen LogP contribution in [0.3, 0.4) is 0 Å². The van der Waals surface area contributed by atoms with E-state index in [1.165, 1.54) is 38.5 Å². The molecule has 0 bridgehead atoms. The molecule has 1 saturated heterocycles. The molecule has 1 saturated carbocycles. The molecule has 0 unspecified atom stereocenters. The quantitative estimate of drug-likeness (QED) is 0.428. The third-order valence-electron chi connectivity index (χ3n) is 2.26. The summed E-state index contributed by atoms with van der Waals surface area (Å²) in [4.78, 5) is 20.0. The van der Waals surface area contributed by atoms with Crippen LogP contribution < -0.4 is 0 Å². The largest absolute Gasteiger partial charge is 0.393 e. The number of esters is 2. The molecule has 0 radical (unpaired) electrons. The SMILES string of the molecule is C1CCCCC1.O=C1CCC(=O)O1. The van der Waals surface area contributed by atoms with Crippen LogP contribution in [0.2, 0.25) is 0 Å². The van der Waals surface area contributed by atoms with Crippen LogP contribution in [0, 0.1) is 0 Å². The number of carbonyl (C=O) groups is 2. The second-order valence-electron chi connectivity index (χ2n) is 3.47. The maximum Gasteiger partial charge on any atom is 0.314 e. The van der Waals surface area contributed by atoms with E-state index in [9.17, 15) is 9.59 Å². The zero-order valence-corrected chi connectivity index (χ0v) is 7.88. The molecule has 1 aliphatic heterocycles. The Balaban J connectivity index is 0.000000132. The molecule has 3 heteroatoms. The maximum atomic E-state index is 10.0. The Morgan fingerprint density at radius 3 is 1.15 bits per heavy atom. The van der Waals surface area contributed by atoms with Crippen molar-refractivity contribution < 1.29 is 14.3 Å². The second-order valence-corrected chi connectivity index (χ2v) is 3.47. The summed E-state index contributed by atoms with van der Waals surface area (Å²) in [5, 5.41) is 0. The van der Waals surface area contributed by atoms with Crippen LogP contribution in [-0.2, 0) is 14.3 Å². The second kappa shape index (κ2) is 5.73. The van der Waals surface area contributed by atoms with Gasteiger partial charge in [-0.3, -0.25) is 9.59 Å². The highest BCUT2D eigenvalue weighted by atomic mass is 16.6. The van der Waals surface area contributed by atoms with Crippen LogP contribution in [0.1, 0.15) is 51.4 Å². The highest BCUT2D eigenvalue weighted by Gasteiger charge is 2.19. The van der Waals surface area contributed by atoms with Gasteiger partial charge in [-0.1, -0.05) is 38.5 Å². The van der Waals surface area contributed by atoms with Crippen LogP contribution in [0.4, 0.5) is 0 Å². The molecule has 0 amide bonds. The number of ether oxygens (including phenoxy) is 1. The van der Waals surface area contributed by atoms with Gasteiger partial charge in [0.2, 0.25) is 0 Å². The van der Waals surface area contributed by atoms with Gasteiger partial charge < -0.3 is 4.74 Å². The van der Waals surface area contributed by atoms with E-state index in [4.69, 9.17) is 0 Å². The lowest BCUT2D eigenvalue weighted by molar-refractivity contribution is -0.151. The van der Waals surface area contributed by atoms with Crippen molar-refractivity contribution in [1.82, 2.24) is 0 Å². The third-order valence-corrected chi connectivity index (χ3v) is 2.26. The van der Waals surface area contributed by atoms with Crippen molar-refractivity contribution in [2.24, 2.45) is 0 Å². The van der Waals surface area contributed by atoms with Crippen LogP contribution in [-0.4, -0.2) is 11.9 Å². The molecular weight excluding hydrogens is 168 g/mol. The van der Waals surface area contributed by atoms with Crippen molar-refractivity contribution in [3.05, 3.63) is 0 Å². The monoisotopic (exact) mass is 184 g/mol. The van der Waals surface area contributed by atoms with Gasteiger partial charge in [-0.05, 0) is 0 Å². The van der Waals surface area contributed by atoms with E-state index in [1.54, 1.807) is 0 Å². The lowest BCUT2D eigenvalue weighted by atomic mass is 10.0. The van der Waals surface area contributed by atoms with E-state index in [1.807, 2.05) is 0 Å². The normalized spacial score (nSPS) is 21.8. The van der Waals surface area contributed by atoms with Gasteiger partial charge in [0.25, 0.3) is 0 Å². The minimum Gasteiger partial charge on any atom is -0.393 e. The van der Waals surface area contributed by atoms with Crippen molar-refractivity contribution >= 4 is 11.9 Å². The van der Waals surface area contributed by atoms with Gasteiger partial charge >= 0.3 is 11.9 Å². The summed E-state index contributed by atoms with van der Waals surface area (Å²) in [6, 6.07) is 0. The average molecular weight is 184 g/mol. The van der Waals surface area contributed by atoms with Gasteiger partial charge in [-0.15, -0.1) is 0 Å². The average Bonchev–Trinajstić information content (AvgIpc) is 2.54. The Morgan fingerprint density at radius 2 is 1.00 bits per heavy atom. The lowest BCUT2D eigenvalue weighted by Gasteiger charge is -2.05. The molecule has 0 aromatic rings. The number of carbonyl (C=O) groups excluding carboxylic acids is 2. The van der Waals surface area contributed by atoms with Crippen LogP contribution in [0.5, 0.6) is 0 Å². The minimum absolute atomic E-state index is 0.263. The van der Waals surface area contributed by atoms with E-state index in [0.29, 0.717) is 0 Å². The molecule has 74 valence electrons. The van der Waals surface area contributed by atoms with Crippen molar-refractivity contribution in [3.63, 3.8) is 0 Å². The fourth-order valence-corrected chi connectivity index (χ4v) is 1.49. The van der Waals surface area contributed by atoms with Gasteiger partial charge in [0.15, 0.2) is 0 Å². The van der Waals surface area contributed by atoms with Gasteiger partial charge in [0.05, 0.1) is 12.8 Å². The number of hydrogen-bond acceptors (Lipinski definition) is 3. The zero-order valence-electron chi connectivity index (χ0n) is 7.88. The van der Waals surface area contributed by atoms with Gasteiger partial charge in [0, 0.05) is 0 Å². The smallest absolute Gasteiger partial charge is 0.314 e. The molecule has 0 atom stereocenters. The topological polar surface area (TPSA) is 43.4 Å². The highest BCUT2D eigenvalue weighted by molar-refractivity contribution is 5.92. The Kier molecular flexibility index (Phi) is 4.50. The number of rotatable bonds is 0. The van der Waals surface area contributed by atoms with Gasteiger partial charge in [0.1, 0.15) is 0 Å². The van der Waals surface area contributed by atoms with E-state index in [-0.39, 0.29) is 12.8 Å². The number of cyclic esters (lactones) is 2. The lowest BCUT2D eigenvalue weighted by Crippen LogP contribution is -1.94. The highest BCUT2D eigenvalue weighted by Crippen LogP contribution is 2.15. The molecule has 2 fully saturated rings. The standard InChI is InChI=1S/C6H12.C4H4O3/c1-2-4-6-5-3-1;5-3-1-2-4(6)7-3/h1-6H2;1-2H2. The van der Waals surface area contributed by atoms with Crippen molar-refractivity contribution in [2.75, 3.05) is 0 Å². The summed E-state index contributed by atoms with van der Waals surface area (Å²) in [6.07, 6.45) is 9.53. The minimum atomic E-state index is -0.398. The summed E-state index contributed by atoms with van der Waals surface area (Å²) >= 11 is 0. The van der Waals surface area contributed by atoms with Crippen LogP contribution in [0.25, 0.3) is 0 Å². The molecule has 2 aliphatic rings. The summed E-state index contributed by atoms with van der Waals surface area (Å²) in [5.74, 6) is -0.796. The predicted octanol–water partition coefficient (Wildman–Crippen LogP) is 2.19. The van der Waals surface area contributed by atoms with E-state index >= 15 is 0 Å². The van der Waals surface area contributed by atoms with E-state index < -0.39 is 11.9 Å². The van der Waals surface area contributed by atoms with Crippen LogP contribution >= 0.6 is 0 Å². The molecule has 1 aliphatic carbocycles. The maximum absolute atomic E-state index is 10.0. The Bertz CT molecular complexity index is 157. The van der Waals surface area contributed by atoms with Gasteiger partial charge in [-0.25, -0.2) is 0 Å².